The van der Waals surface area contributed by atoms with E-state index in [9.17, 15) is 0 Å². The van der Waals surface area contributed by atoms with Crippen LogP contribution in [-0.2, 0) is 0 Å². The van der Waals surface area contributed by atoms with Gasteiger partial charge in [-0.25, -0.2) is 0 Å². The van der Waals surface area contributed by atoms with E-state index >= 15 is 0 Å². The maximum absolute atomic E-state index is 4.67. The SMILES string of the molecule is CC(CBr)c1ccon1. The molecule has 1 heterocycles. The summed E-state index contributed by atoms with van der Waals surface area (Å²) in [6, 6.07) is 1.88. The molecule has 0 fully saturated rings. The van der Waals surface area contributed by atoms with Crippen molar-refractivity contribution in [2.75, 3.05) is 5.33 Å². The van der Waals surface area contributed by atoms with E-state index in [4.69, 9.17) is 0 Å². The summed E-state index contributed by atoms with van der Waals surface area (Å²) in [5.74, 6) is 0.448. The number of halogens is 1. The van der Waals surface area contributed by atoms with Gasteiger partial charge >= 0.3 is 0 Å². The predicted molar refractivity (Wildman–Crippen MR) is 38.7 cm³/mol. The summed E-state index contributed by atoms with van der Waals surface area (Å²) in [7, 11) is 0. The summed E-state index contributed by atoms with van der Waals surface area (Å²) in [6.07, 6.45) is 1.59. The molecule has 0 radical (unpaired) electrons. The van der Waals surface area contributed by atoms with Crippen molar-refractivity contribution in [1.82, 2.24) is 5.16 Å². The van der Waals surface area contributed by atoms with Gasteiger partial charge in [-0.2, -0.15) is 0 Å². The number of alkyl halides is 1. The predicted octanol–water partition coefficient (Wildman–Crippen LogP) is 2.17. The smallest absolute Gasteiger partial charge is 0.124 e. The lowest BCUT2D eigenvalue weighted by molar-refractivity contribution is 0.409. The van der Waals surface area contributed by atoms with Gasteiger partial charge in [0.05, 0.1) is 5.69 Å². The maximum Gasteiger partial charge on any atom is 0.124 e. The normalized spacial score (nSPS) is 13.6. The van der Waals surface area contributed by atoms with Crippen LogP contribution in [0.1, 0.15) is 18.5 Å². The molecule has 0 amide bonds. The third-order valence-electron chi connectivity index (χ3n) is 1.19. The Kier molecular flexibility index (Phi) is 2.28. The molecule has 0 spiro atoms. The standard InChI is InChI=1S/C6H8BrNO/c1-5(4-7)6-2-3-9-8-6/h2-3,5H,4H2,1H3. The molecule has 2 nitrogen and oxygen atoms in total. The highest BCUT2D eigenvalue weighted by Gasteiger charge is 2.04. The van der Waals surface area contributed by atoms with Gasteiger partial charge in [-0.3, -0.25) is 0 Å². The van der Waals surface area contributed by atoms with Crippen LogP contribution in [0.25, 0.3) is 0 Å². The minimum atomic E-state index is 0.448. The molecule has 0 saturated heterocycles. The van der Waals surface area contributed by atoms with Gasteiger partial charge in [0.25, 0.3) is 0 Å². The van der Waals surface area contributed by atoms with Crippen LogP contribution in [0.4, 0.5) is 0 Å². The van der Waals surface area contributed by atoms with Crippen molar-refractivity contribution < 1.29 is 4.52 Å². The van der Waals surface area contributed by atoms with Crippen molar-refractivity contribution >= 4 is 15.9 Å². The second-order valence-corrected chi connectivity index (χ2v) is 2.63. The second-order valence-electron chi connectivity index (χ2n) is 1.98. The summed E-state index contributed by atoms with van der Waals surface area (Å²) < 4.78 is 4.67. The Balaban J connectivity index is 2.65. The molecule has 0 bridgehead atoms. The van der Waals surface area contributed by atoms with Crippen LogP contribution in [0.2, 0.25) is 0 Å². The summed E-state index contributed by atoms with van der Waals surface area (Å²) in [5.41, 5.74) is 1.01. The minimum absolute atomic E-state index is 0.448. The quantitative estimate of drug-likeness (QED) is 0.668. The lowest BCUT2D eigenvalue weighted by atomic mass is 10.1. The third-order valence-corrected chi connectivity index (χ3v) is 2.17. The molecule has 3 heteroatoms. The Bertz CT molecular complexity index is 162. The zero-order valence-electron chi connectivity index (χ0n) is 5.17. The Labute approximate surface area is 62.4 Å². The lowest BCUT2D eigenvalue weighted by Crippen LogP contribution is -1.92. The van der Waals surface area contributed by atoms with Crippen molar-refractivity contribution in [1.29, 1.82) is 0 Å². The molecule has 9 heavy (non-hydrogen) atoms. The van der Waals surface area contributed by atoms with Gasteiger partial charge in [-0.1, -0.05) is 28.0 Å². The van der Waals surface area contributed by atoms with Crippen molar-refractivity contribution in [3.05, 3.63) is 18.0 Å². The summed E-state index contributed by atoms with van der Waals surface area (Å²) in [4.78, 5) is 0. The van der Waals surface area contributed by atoms with Crippen LogP contribution >= 0.6 is 15.9 Å². The molecule has 0 N–H and O–H groups in total. The van der Waals surface area contributed by atoms with Gasteiger partial charge < -0.3 is 4.52 Å². The monoisotopic (exact) mass is 189 g/mol. The number of nitrogens with zero attached hydrogens (tertiary/aromatic N) is 1. The molecule has 1 aromatic rings. The van der Waals surface area contributed by atoms with E-state index in [0.29, 0.717) is 5.92 Å². The van der Waals surface area contributed by atoms with Crippen LogP contribution in [0.3, 0.4) is 0 Å². The molecule has 1 unspecified atom stereocenters. The molecular weight excluding hydrogens is 182 g/mol. The molecule has 50 valence electrons. The van der Waals surface area contributed by atoms with E-state index in [1.807, 2.05) is 6.07 Å². The number of aromatic nitrogens is 1. The molecule has 0 aliphatic heterocycles. The largest absolute Gasteiger partial charge is 0.365 e. The number of hydrogen-bond donors (Lipinski definition) is 0. The molecule has 0 aliphatic rings. The molecule has 0 saturated carbocycles. The van der Waals surface area contributed by atoms with E-state index < -0.39 is 0 Å². The summed E-state index contributed by atoms with van der Waals surface area (Å²) >= 11 is 3.35. The number of hydrogen-bond acceptors (Lipinski definition) is 2. The summed E-state index contributed by atoms with van der Waals surface area (Å²) in [6.45, 7) is 2.09. The fourth-order valence-electron chi connectivity index (χ4n) is 0.555. The first-order chi connectivity index (χ1) is 4.34. The van der Waals surface area contributed by atoms with Crippen LogP contribution in [0.15, 0.2) is 16.9 Å². The molecule has 0 aliphatic carbocycles. The van der Waals surface area contributed by atoms with Crippen molar-refractivity contribution in [2.24, 2.45) is 0 Å². The number of rotatable bonds is 2. The van der Waals surface area contributed by atoms with Crippen LogP contribution < -0.4 is 0 Å². The van der Waals surface area contributed by atoms with Gasteiger partial charge in [0.15, 0.2) is 0 Å². The van der Waals surface area contributed by atoms with E-state index in [1.165, 1.54) is 0 Å². The van der Waals surface area contributed by atoms with E-state index in [1.54, 1.807) is 6.26 Å². The van der Waals surface area contributed by atoms with Crippen molar-refractivity contribution in [3.63, 3.8) is 0 Å². The first kappa shape index (κ1) is 6.81. The lowest BCUT2D eigenvalue weighted by Gasteiger charge is -1.98. The second kappa shape index (κ2) is 3.01. The fraction of sp³-hybridized carbons (Fsp3) is 0.500. The highest BCUT2D eigenvalue weighted by atomic mass is 79.9. The first-order valence-corrected chi connectivity index (χ1v) is 3.93. The summed E-state index contributed by atoms with van der Waals surface area (Å²) in [5, 5.41) is 4.71. The van der Waals surface area contributed by atoms with Gasteiger partial charge in [0, 0.05) is 17.3 Å². The van der Waals surface area contributed by atoms with Gasteiger partial charge in [0.2, 0.25) is 0 Å². The first-order valence-electron chi connectivity index (χ1n) is 2.81. The Morgan fingerprint density at radius 3 is 3.11 bits per heavy atom. The zero-order valence-corrected chi connectivity index (χ0v) is 6.76. The Hall–Kier alpha value is -0.310. The fourth-order valence-corrected chi connectivity index (χ4v) is 0.887. The van der Waals surface area contributed by atoms with Crippen LogP contribution in [0.5, 0.6) is 0 Å². The van der Waals surface area contributed by atoms with Crippen molar-refractivity contribution in [3.8, 4) is 0 Å². The van der Waals surface area contributed by atoms with Crippen LogP contribution in [-0.4, -0.2) is 10.5 Å². The third kappa shape index (κ3) is 1.55. The molecule has 1 aromatic heterocycles. The highest BCUT2D eigenvalue weighted by Crippen LogP contribution is 2.13. The van der Waals surface area contributed by atoms with E-state index in [2.05, 4.69) is 32.5 Å². The van der Waals surface area contributed by atoms with Gasteiger partial charge in [0.1, 0.15) is 6.26 Å². The van der Waals surface area contributed by atoms with Gasteiger partial charge in [-0.15, -0.1) is 0 Å². The Morgan fingerprint density at radius 2 is 2.67 bits per heavy atom. The van der Waals surface area contributed by atoms with Crippen LogP contribution in [0, 0.1) is 0 Å². The average Bonchev–Trinajstić information content (AvgIpc) is 2.37. The molecular formula is C6H8BrNO. The molecule has 1 rings (SSSR count). The topological polar surface area (TPSA) is 26.0 Å². The van der Waals surface area contributed by atoms with Crippen molar-refractivity contribution in [2.45, 2.75) is 12.8 Å². The molecule has 1 atom stereocenters. The van der Waals surface area contributed by atoms with E-state index in [0.717, 1.165) is 11.0 Å². The molecule has 0 aromatic carbocycles. The highest BCUT2D eigenvalue weighted by molar-refractivity contribution is 9.09. The Morgan fingerprint density at radius 1 is 1.89 bits per heavy atom. The average molecular weight is 190 g/mol. The van der Waals surface area contributed by atoms with Gasteiger partial charge in [-0.05, 0) is 0 Å². The van der Waals surface area contributed by atoms with E-state index in [-0.39, 0.29) is 0 Å². The minimum Gasteiger partial charge on any atom is -0.365 e. The maximum atomic E-state index is 4.67. The zero-order chi connectivity index (χ0) is 6.69.